The molecular weight excluding hydrogens is 275 g/mol. The maximum atomic E-state index is 13.1. The molecule has 0 aliphatic rings. The van der Waals surface area contributed by atoms with Gasteiger partial charge in [-0.2, -0.15) is 4.31 Å². The number of nitrogens with one attached hydrogen (secondary N) is 1. The van der Waals surface area contributed by atoms with Crippen LogP contribution in [0, 0.1) is 12.7 Å². The van der Waals surface area contributed by atoms with Crippen molar-refractivity contribution < 1.29 is 22.8 Å². The first-order valence-corrected chi connectivity index (χ1v) is 6.84. The molecule has 106 valence electrons. The van der Waals surface area contributed by atoms with E-state index in [1.165, 1.54) is 32.4 Å². The lowest BCUT2D eigenvalue weighted by Gasteiger charge is -2.22. The number of hydrogen-bond donors (Lipinski definition) is 2. The Labute approximate surface area is 110 Å². The quantitative estimate of drug-likeness (QED) is 0.629. The lowest BCUT2D eigenvalue weighted by Crippen LogP contribution is -2.44. The van der Waals surface area contributed by atoms with Gasteiger partial charge in [-0.3, -0.25) is 10.0 Å². The van der Waals surface area contributed by atoms with Crippen LogP contribution in [0.3, 0.4) is 0 Å². The maximum absolute atomic E-state index is 13.1. The molecule has 0 bridgehead atoms. The highest BCUT2D eigenvalue weighted by atomic mass is 32.2. The van der Waals surface area contributed by atoms with Crippen LogP contribution in [0.4, 0.5) is 4.39 Å². The van der Waals surface area contributed by atoms with Gasteiger partial charge in [0.25, 0.3) is 5.91 Å². The number of hydroxylamine groups is 1. The predicted octanol–water partition coefficient (Wildman–Crippen LogP) is 0.649. The summed E-state index contributed by atoms with van der Waals surface area (Å²) in [5.41, 5.74) is 1.57. The van der Waals surface area contributed by atoms with E-state index in [2.05, 4.69) is 0 Å². The summed E-state index contributed by atoms with van der Waals surface area (Å²) < 4.78 is 38.3. The van der Waals surface area contributed by atoms with E-state index in [9.17, 15) is 17.6 Å². The van der Waals surface area contributed by atoms with Crippen molar-refractivity contribution in [3.8, 4) is 0 Å². The maximum Gasteiger partial charge on any atom is 0.261 e. The predicted molar refractivity (Wildman–Crippen MR) is 65.5 cm³/mol. The van der Waals surface area contributed by atoms with E-state index >= 15 is 0 Å². The van der Waals surface area contributed by atoms with Gasteiger partial charge in [0.05, 0.1) is 4.90 Å². The fourth-order valence-corrected chi connectivity index (χ4v) is 2.82. The first-order chi connectivity index (χ1) is 8.71. The normalized spacial score (nSPS) is 13.4. The molecule has 0 saturated heterocycles. The summed E-state index contributed by atoms with van der Waals surface area (Å²) in [7, 11) is -2.74. The Bertz CT molecular complexity index is 588. The minimum Gasteiger partial charge on any atom is -0.289 e. The molecule has 6 nitrogen and oxygen atoms in total. The van der Waals surface area contributed by atoms with Crippen LogP contribution in [0.5, 0.6) is 0 Å². The molecular formula is C11H15FN2O4S. The Morgan fingerprint density at radius 2 is 2.05 bits per heavy atom. The van der Waals surface area contributed by atoms with Crippen molar-refractivity contribution in [2.75, 3.05) is 7.05 Å². The topological polar surface area (TPSA) is 86.7 Å². The zero-order chi connectivity index (χ0) is 14.8. The van der Waals surface area contributed by atoms with Crippen molar-refractivity contribution in [2.45, 2.75) is 24.8 Å². The van der Waals surface area contributed by atoms with Gasteiger partial charge in [-0.25, -0.2) is 18.3 Å². The van der Waals surface area contributed by atoms with E-state index in [1.54, 1.807) is 0 Å². The van der Waals surface area contributed by atoms with Gasteiger partial charge in [-0.15, -0.1) is 0 Å². The molecule has 19 heavy (non-hydrogen) atoms. The zero-order valence-electron chi connectivity index (χ0n) is 10.7. The minimum absolute atomic E-state index is 0.119. The number of aryl methyl sites for hydroxylation is 1. The summed E-state index contributed by atoms with van der Waals surface area (Å²) in [6.07, 6.45) is 0. The van der Waals surface area contributed by atoms with Gasteiger partial charge < -0.3 is 0 Å². The number of halogens is 1. The molecule has 0 aliphatic carbocycles. The van der Waals surface area contributed by atoms with Crippen molar-refractivity contribution in [1.82, 2.24) is 9.79 Å². The molecule has 8 heteroatoms. The SMILES string of the molecule is Cc1cc(S(=O)(=O)N(C)[C@H](C)C(=O)NO)ccc1F. The molecule has 0 spiro atoms. The van der Waals surface area contributed by atoms with Crippen LogP contribution in [0.15, 0.2) is 23.1 Å². The van der Waals surface area contributed by atoms with Crippen molar-refractivity contribution in [3.05, 3.63) is 29.6 Å². The number of likely N-dealkylation sites (N-methyl/N-ethyl adjacent to an activating group) is 1. The van der Waals surface area contributed by atoms with Gasteiger partial charge >= 0.3 is 0 Å². The Balaban J connectivity index is 3.16. The van der Waals surface area contributed by atoms with Gasteiger partial charge in [0.15, 0.2) is 0 Å². The van der Waals surface area contributed by atoms with E-state index in [4.69, 9.17) is 5.21 Å². The number of rotatable bonds is 4. The molecule has 0 aliphatic heterocycles. The van der Waals surface area contributed by atoms with Crippen LogP contribution in [0.1, 0.15) is 12.5 Å². The van der Waals surface area contributed by atoms with Crippen molar-refractivity contribution >= 4 is 15.9 Å². The lowest BCUT2D eigenvalue weighted by molar-refractivity contribution is -0.132. The van der Waals surface area contributed by atoms with Gasteiger partial charge in [-0.05, 0) is 37.6 Å². The van der Waals surface area contributed by atoms with Crippen LogP contribution in [-0.2, 0) is 14.8 Å². The fourth-order valence-electron chi connectivity index (χ4n) is 1.41. The molecule has 0 aromatic heterocycles. The number of benzene rings is 1. The Hall–Kier alpha value is -1.51. The van der Waals surface area contributed by atoms with E-state index in [1.807, 2.05) is 0 Å². The second-order valence-corrected chi connectivity index (χ2v) is 6.08. The molecule has 1 aromatic rings. The molecule has 0 fully saturated rings. The molecule has 2 N–H and O–H groups in total. The van der Waals surface area contributed by atoms with Crippen molar-refractivity contribution in [2.24, 2.45) is 0 Å². The van der Waals surface area contributed by atoms with Gasteiger partial charge in [0.1, 0.15) is 11.9 Å². The third-order valence-corrected chi connectivity index (χ3v) is 4.77. The molecule has 0 saturated carbocycles. The molecule has 0 unspecified atom stereocenters. The van der Waals surface area contributed by atoms with Crippen LogP contribution in [-0.4, -0.2) is 36.9 Å². The minimum atomic E-state index is -3.94. The largest absolute Gasteiger partial charge is 0.289 e. The monoisotopic (exact) mass is 290 g/mol. The van der Waals surface area contributed by atoms with Crippen LogP contribution in [0.2, 0.25) is 0 Å². The Morgan fingerprint density at radius 3 is 2.53 bits per heavy atom. The van der Waals surface area contributed by atoms with Crippen molar-refractivity contribution in [3.63, 3.8) is 0 Å². The number of carbonyl (C=O) groups excluding carboxylic acids is 1. The number of amides is 1. The average molecular weight is 290 g/mol. The van der Waals surface area contributed by atoms with E-state index in [-0.39, 0.29) is 10.5 Å². The zero-order valence-corrected chi connectivity index (χ0v) is 11.5. The molecule has 1 atom stereocenters. The number of carbonyl (C=O) groups is 1. The van der Waals surface area contributed by atoms with Crippen LogP contribution >= 0.6 is 0 Å². The van der Waals surface area contributed by atoms with Crippen LogP contribution < -0.4 is 5.48 Å². The second-order valence-electron chi connectivity index (χ2n) is 4.08. The van der Waals surface area contributed by atoms with Gasteiger partial charge in [-0.1, -0.05) is 0 Å². The molecule has 0 radical (unpaired) electrons. The fraction of sp³-hybridized carbons (Fsp3) is 0.364. The first kappa shape index (κ1) is 15.5. The highest BCUT2D eigenvalue weighted by molar-refractivity contribution is 7.89. The Kier molecular flexibility index (Phi) is 4.61. The standard InChI is InChI=1S/C11H15FN2O4S/c1-7-6-9(4-5-10(7)12)19(17,18)14(3)8(2)11(15)13-16/h4-6,8,16H,1-3H3,(H,13,15)/t8-/m1/s1. The molecule has 1 aromatic carbocycles. The second kappa shape index (κ2) is 5.64. The van der Waals surface area contributed by atoms with Crippen molar-refractivity contribution in [1.29, 1.82) is 0 Å². The summed E-state index contributed by atoms with van der Waals surface area (Å²) in [4.78, 5) is 11.1. The third kappa shape index (κ3) is 3.09. The van der Waals surface area contributed by atoms with E-state index < -0.39 is 27.8 Å². The summed E-state index contributed by atoms with van der Waals surface area (Å²) in [6.45, 7) is 2.76. The summed E-state index contributed by atoms with van der Waals surface area (Å²) in [5.74, 6) is -1.37. The summed E-state index contributed by atoms with van der Waals surface area (Å²) in [6, 6.07) is 2.26. The highest BCUT2D eigenvalue weighted by Crippen LogP contribution is 2.19. The molecule has 0 heterocycles. The van der Waals surface area contributed by atoms with Crippen LogP contribution in [0.25, 0.3) is 0 Å². The first-order valence-electron chi connectivity index (χ1n) is 5.40. The molecule has 1 rings (SSSR count). The summed E-state index contributed by atoms with van der Waals surface area (Å²) >= 11 is 0. The third-order valence-electron chi connectivity index (χ3n) is 2.84. The average Bonchev–Trinajstić information content (AvgIpc) is 2.38. The number of sulfonamides is 1. The highest BCUT2D eigenvalue weighted by Gasteiger charge is 2.29. The van der Waals surface area contributed by atoms with E-state index in [0.29, 0.717) is 0 Å². The Morgan fingerprint density at radius 1 is 1.47 bits per heavy atom. The van der Waals surface area contributed by atoms with Gasteiger partial charge in [0, 0.05) is 7.05 Å². The number of nitrogens with zero attached hydrogens (tertiary/aromatic N) is 1. The van der Waals surface area contributed by atoms with Gasteiger partial charge in [0.2, 0.25) is 10.0 Å². The smallest absolute Gasteiger partial charge is 0.261 e. The lowest BCUT2D eigenvalue weighted by atomic mass is 10.2. The molecule has 1 amide bonds. The van der Waals surface area contributed by atoms with E-state index in [0.717, 1.165) is 16.4 Å². The number of hydrogen-bond acceptors (Lipinski definition) is 4. The summed E-state index contributed by atoms with van der Waals surface area (Å²) in [5, 5.41) is 8.50.